The molecule has 2 N–H and O–H groups in total. The van der Waals surface area contributed by atoms with Crippen LogP contribution in [0.25, 0.3) is 0 Å². The van der Waals surface area contributed by atoms with Crippen LogP contribution >= 0.6 is 15.9 Å². The molecule has 2 rings (SSSR count). The lowest BCUT2D eigenvalue weighted by Crippen LogP contribution is -2.12. The molecule has 0 aliphatic heterocycles. The first-order valence-corrected chi connectivity index (χ1v) is 5.62. The lowest BCUT2D eigenvalue weighted by Gasteiger charge is -2.14. The monoisotopic (exact) mass is 256 g/mol. The molecule has 0 atom stereocenters. The minimum atomic E-state index is 0.327. The summed E-state index contributed by atoms with van der Waals surface area (Å²) in [6.07, 6.45) is 6.78. The fraction of sp³-hybridized carbons (Fsp3) is 0.500. The third-order valence-corrected chi connectivity index (χ3v) is 2.88. The summed E-state index contributed by atoms with van der Waals surface area (Å²) in [5.74, 6) is 1.17. The van der Waals surface area contributed by atoms with Gasteiger partial charge in [0, 0.05) is 10.7 Å². The molecule has 1 saturated carbocycles. The van der Waals surface area contributed by atoms with Gasteiger partial charge in [-0.3, -0.25) is 0 Å². The molecule has 1 fully saturated rings. The number of pyridine rings is 1. The SMILES string of the molecule is Nc1ncc(Br)cc1OC1CCCC1. The van der Waals surface area contributed by atoms with E-state index in [1.165, 1.54) is 12.8 Å². The van der Waals surface area contributed by atoms with Gasteiger partial charge in [0.15, 0.2) is 11.6 Å². The second-order valence-corrected chi connectivity index (χ2v) is 4.48. The first kappa shape index (κ1) is 9.77. The summed E-state index contributed by atoms with van der Waals surface area (Å²) in [5.41, 5.74) is 5.71. The summed E-state index contributed by atoms with van der Waals surface area (Å²) in [5, 5.41) is 0. The zero-order valence-corrected chi connectivity index (χ0v) is 9.46. The van der Waals surface area contributed by atoms with Crippen LogP contribution in [-0.2, 0) is 0 Å². The van der Waals surface area contributed by atoms with Gasteiger partial charge in [-0.15, -0.1) is 0 Å². The number of rotatable bonds is 2. The Kier molecular flexibility index (Phi) is 2.91. The molecule has 0 radical (unpaired) electrons. The van der Waals surface area contributed by atoms with Crippen LogP contribution in [0.5, 0.6) is 5.75 Å². The highest BCUT2D eigenvalue weighted by molar-refractivity contribution is 9.10. The summed E-state index contributed by atoms with van der Waals surface area (Å²) in [4.78, 5) is 4.03. The molecule has 0 bridgehead atoms. The minimum Gasteiger partial charge on any atom is -0.487 e. The number of hydrogen-bond acceptors (Lipinski definition) is 3. The molecule has 1 aromatic heterocycles. The molecule has 14 heavy (non-hydrogen) atoms. The molecule has 0 amide bonds. The van der Waals surface area contributed by atoms with Gasteiger partial charge in [0.1, 0.15) is 0 Å². The molecule has 1 aliphatic carbocycles. The van der Waals surface area contributed by atoms with Crippen LogP contribution in [0.2, 0.25) is 0 Å². The fourth-order valence-corrected chi connectivity index (χ4v) is 2.02. The van der Waals surface area contributed by atoms with Crippen LogP contribution in [0.1, 0.15) is 25.7 Å². The largest absolute Gasteiger partial charge is 0.487 e. The number of ether oxygens (including phenoxy) is 1. The normalized spacial score (nSPS) is 17.2. The van der Waals surface area contributed by atoms with Gasteiger partial charge in [-0.25, -0.2) is 4.98 Å². The molecule has 0 aromatic carbocycles. The van der Waals surface area contributed by atoms with Crippen molar-refractivity contribution in [3.05, 3.63) is 16.7 Å². The molecule has 1 aliphatic rings. The number of nitrogen functional groups attached to an aromatic ring is 1. The Bertz CT molecular complexity index is 324. The van der Waals surface area contributed by atoms with Gasteiger partial charge >= 0.3 is 0 Å². The highest BCUT2D eigenvalue weighted by Crippen LogP contribution is 2.28. The van der Waals surface area contributed by atoms with Crippen LogP contribution in [-0.4, -0.2) is 11.1 Å². The van der Waals surface area contributed by atoms with E-state index < -0.39 is 0 Å². The second kappa shape index (κ2) is 4.17. The Hall–Kier alpha value is -0.770. The predicted molar refractivity (Wildman–Crippen MR) is 59.2 cm³/mol. The molecule has 0 saturated heterocycles. The summed E-state index contributed by atoms with van der Waals surface area (Å²) in [7, 11) is 0. The Labute approximate surface area is 91.8 Å². The topological polar surface area (TPSA) is 48.1 Å². The molecular formula is C10H13BrN2O. The molecule has 1 aromatic rings. The molecule has 0 spiro atoms. The van der Waals surface area contributed by atoms with E-state index in [0.717, 1.165) is 17.3 Å². The van der Waals surface area contributed by atoms with Crippen LogP contribution in [0, 0.1) is 0 Å². The first-order chi connectivity index (χ1) is 6.75. The third kappa shape index (κ3) is 2.18. The molecule has 4 heteroatoms. The van der Waals surface area contributed by atoms with Gasteiger partial charge in [0.2, 0.25) is 0 Å². The maximum Gasteiger partial charge on any atom is 0.166 e. The molecule has 76 valence electrons. The summed E-state index contributed by atoms with van der Waals surface area (Å²) < 4.78 is 6.67. The number of aromatic nitrogens is 1. The van der Waals surface area contributed by atoms with Crippen LogP contribution in [0.3, 0.4) is 0 Å². The molecule has 3 nitrogen and oxygen atoms in total. The average molecular weight is 257 g/mol. The number of nitrogens with zero attached hydrogens (tertiary/aromatic N) is 1. The van der Waals surface area contributed by atoms with E-state index >= 15 is 0 Å². The Morgan fingerprint density at radius 1 is 1.43 bits per heavy atom. The van der Waals surface area contributed by atoms with Crippen LogP contribution in [0.15, 0.2) is 16.7 Å². The minimum absolute atomic E-state index is 0.327. The van der Waals surface area contributed by atoms with E-state index in [-0.39, 0.29) is 0 Å². The number of anilines is 1. The van der Waals surface area contributed by atoms with Crippen molar-refractivity contribution in [1.82, 2.24) is 4.98 Å². The zero-order valence-electron chi connectivity index (χ0n) is 7.87. The summed E-state index contributed by atoms with van der Waals surface area (Å²) >= 11 is 3.35. The van der Waals surface area contributed by atoms with E-state index in [4.69, 9.17) is 10.5 Å². The van der Waals surface area contributed by atoms with Crippen LogP contribution in [0.4, 0.5) is 5.82 Å². The second-order valence-electron chi connectivity index (χ2n) is 3.56. The highest BCUT2D eigenvalue weighted by Gasteiger charge is 2.17. The number of hydrogen-bond donors (Lipinski definition) is 1. The van der Waals surface area contributed by atoms with Gasteiger partial charge in [-0.05, 0) is 47.7 Å². The molecule has 0 unspecified atom stereocenters. The summed E-state index contributed by atoms with van der Waals surface area (Å²) in [6.45, 7) is 0. The van der Waals surface area contributed by atoms with Crippen molar-refractivity contribution < 1.29 is 4.74 Å². The first-order valence-electron chi connectivity index (χ1n) is 4.83. The Morgan fingerprint density at radius 3 is 2.86 bits per heavy atom. The van der Waals surface area contributed by atoms with E-state index in [2.05, 4.69) is 20.9 Å². The lowest BCUT2D eigenvalue weighted by molar-refractivity contribution is 0.210. The van der Waals surface area contributed by atoms with Crippen molar-refractivity contribution in [1.29, 1.82) is 0 Å². The Balaban J connectivity index is 2.10. The van der Waals surface area contributed by atoms with Crippen molar-refractivity contribution in [3.8, 4) is 5.75 Å². The van der Waals surface area contributed by atoms with Gasteiger partial charge in [0.25, 0.3) is 0 Å². The smallest absolute Gasteiger partial charge is 0.166 e. The van der Waals surface area contributed by atoms with Crippen molar-refractivity contribution in [2.45, 2.75) is 31.8 Å². The van der Waals surface area contributed by atoms with Crippen molar-refractivity contribution in [2.75, 3.05) is 5.73 Å². The van der Waals surface area contributed by atoms with Crippen molar-refractivity contribution >= 4 is 21.7 Å². The van der Waals surface area contributed by atoms with Gasteiger partial charge in [-0.2, -0.15) is 0 Å². The van der Waals surface area contributed by atoms with Gasteiger partial charge in [-0.1, -0.05) is 0 Å². The number of halogens is 1. The van der Waals surface area contributed by atoms with E-state index in [1.807, 2.05) is 6.07 Å². The highest BCUT2D eigenvalue weighted by atomic mass is 79.9. The van der Waals surface area contributed by atoms with E-state index in [9.17, 15) is 0 Å². The third-order valence-electron chi connectivity index (χ3n) is 2.44. The molecule has 1 heterocycles. The van der Waals surface area contributed by atoms with Crippen molar-refractivity contribution in [3.63, 3.8) is 0 Å². The zero-order chi connectivity index (χ0) is 9.97. The van der Waals surface area contributed by atoms with Gasteiger partial charge < -0.3 is 10.5 Å². The van der Waals surface area contributed by atoms with Crippen molar-refractivity contribution in [2.24, 2.45) is 0 Å². The predicted octanol–water partition coefficient (Wildman–Crippen LogP) is 2.75. The average Bonchev–Trinajstić information content (AvgIpc) is 2.64. The van der Waals surface area contributed by atoms with Crippen LogP contribution < -0.4 is 10.5 Å². The quantitative estimate of drug-likeness (QED) is 0.886. The maximum atomic E-state index is 5.77. The fourth-order valence-electron chi connectivity index (χ4n) is 1.71. The lowest BCUT2D eigenvalue weighted by atomic mass is 10.3. The Morgan fingerprint density at radius 2 is 2.14 bits per heavy atom. The van der Waals surface area contributed by atoms with E-state index in [0.29, 0.717) is 17.7 Å². The molecular weight excluding hydrogens is 244 g/mol. The standard InChI is InChI=1S/C10H13BrN2O/c11-7-5-9(10(12)13-6-7)14-8-3-1-2-4-8/h5-6,8H,1-4H2,(H2,12,13). The van der Waals surface area contributed by atoms with E-state index in [1.54, 1.807) is 6.20 Å². The summed E-state index contributed by atoms with van der Waals surface area (Å²) in [6, 6.07) is 1.88. The number of nitrogens with two attached hydrogens (primary N) is 1. The maximum absolute atomic E-state index is 5.77. The van der Waals surface area contributed by atoms with Gasteiger partial charge in [0.05, 0.1) is 6.10 Å².